The molecule has 0 saturated carbocycles. The number of aromatic nitrogens is 1. The molecule has 0 aliphatic rings. The van der Waals surface area contributed by atoms with E-state index < -0.39 is 0 Å². The number of nitrogens with zero attached hydrogens (tertiary/aromatic N) is 2. The van der Waals surface area contributed by atoms with E-state index in [1.54, 1.807) is 49.5 Å². The first-order chi connectivity index (χ1) is 13.6. The van der Waals surface area contributed by atoms with E-state index in [0.29, 0.717) is 28.4 Å². The summed E-state index contributed by atoms with van der Waals surface area (Å²) < 4.78 is 18.0. The lowest BCUT2D eigenvalue weighted by molar-refractivity contribution is 0.0526. The average molecular weight is 393 g/mol. The molecule has 0 fully saturated rings. The van der Waals surface area contributed by atoms with Crippen LogP contribution < -0.4 is 5.32 Å². The maximum absolute atomic E-state index is 13.1. The maximum Gasteiger partial charge on any atom is 0.338 e. The van der Waals surface area contributed by atoms with Gasteiger partial charge in [0, 0.05) is 22.8 Å². The van der Waals surface area contributed by atoms with Gasteiger partial charge in [-0.2, -0.15) is 5.26 Å². The van der Waals surface area contributed by atoms with Gasteiger partial charge in [-0.05, 0) is 55.5 Å². The van der Waals surface area contributed by atoms with Crippen LogP contribution in [0.2, 0.25) is 0 Å². The van der Waals surface area contributed by atoms with E-state index in [2.05, 4.69) is 16.4 Å². The monoisotopic (exact) mass is 393 g/mol. The number of nitriles is 1. The van der Waals surface area contributed by atoms with Crippen LogP contribution in [0.4, 0.5) is 10.1 Å². The summed E-state index contributed by atoms with van der Waals surface area (Å²) in [6, 6.07) is 14.9. The quantitative estimate of drug-likeness (QED) is 0.466. The largest absolute Gasteiger partial charge is 0.462 e. The molecule has 0 saturated heterocycles. The van der Waals surface area contributed by atoms with Crippen LogP contribution in [-0.2, 0) is 4.74 Å². The molecule has 7 heteroatoms. The lowest BCUT2D eigenvalue weighted by atomic mass is 10.2. The van der Waals surface area contributed by atoms with Crippen molar-refractivity contribution in [1.82, 2.24) is 4.98 Å². The van der Waals surface area contributed by atoms with E-state index in [-0.39, 0.29) is 11.8 Å². The molecular weight excluding hydrogens is 377 g/mol. The Morgan fingerprint density at radius 3 is 2.61 bits per heavy atom. The van der Waals surface area contributed by atoms with Crippen LogP contribution in [0.1, 0.15) is 22.3 Å². The van der Waals surface area contributed by atoms with E-state index in [9.17, 15) is 14.4 Å². The minimum Gasteiger partial charge on any atom is -0.462 e. The summed E-state index contributed by atoms with van der Waals surface area (Å²) in [5, 5.41) is 14.9. The molecule has 3 aromatic rings. The fraction of sp³-hybridized carbons (Fsp3) is 0.0952. The molecule has 1 heterocycles. The van der Waals surface area contributed by atoms with Gasteiger partial charge >= 0.3 is 5.97 Å². The number of thiazole rings is 1. The van der Waals surface area contributed by atoms with Gasteiger partial charge in [0.15, 0.2) is 0 Å². The highest BCUT2D eigenvalue weighted by molar-refractivity contribution is 7.11. The number of hydrogen-bond donors (Lipinski definition) is 1. The van der Waals surface area contributed by atoms with Crippen molar-refractivity contribution in [3.05, 3.63) is 76.5 Å². The van der Waals surface area contributed by atoms with Gasteiger partial charge in [-0.25, -0.2) is 14.2 Å². The van der Waals surface area contributed by atoms with Crippen LogP contribution in [0.5, 0.6) is 0 Å². The highest BCUT2D eigenvalue weighted by Crippen LogP contribution is 2.26. The van der Waals surface area contributed by atoms with Gasteiger partial charge in [-0.3, -0.25) is 0 Å². The zero-order valence-electron chi connectivity index (χ0n) is 15.0. The topological polar surface area (TPSA) is 75.0 Å². The third kappa shape index (κ3) is 4.61. The fourth-order valence-electron chi connectivity index (χ4n) is 2.36. The number of anilines is 1. The second-order valence-corrected chi connectivity index (χ2v) is 6.51. The van der Waals surface area contributed by atoms with E-state index in [1.807, 2.05) is 5.38 Å². The van der Waals surface area contributed by atoms with Gasteiger partial charge in [0.25, 0.3) is 0 Å². The van der Waals surface area contributed by atoms with Crippen molar-refractivity contribution in [2.24, 2.45) is 0 Å². The van der Waals surface area contributed by atoms with E-state index in [0.717, 1.165) is 11.3 Å². The number of halogens is 1. The zero-order valence-corrected chi connectivity index (χ0v) is 15.8. The Morgan fingerprint density at radius 2 is 1.96 bits per heavy atom. The van der Waals surface area contributed by atoms with Crippen molar-refractivity contribution in [3.63, 3.8) is 0 Å². The highest BCUT2D eigenvalue weighted by Gasteiger charge is 2.10. The molecule has 0 aliphatic carbocycles. The molecule has 0 radical (unpaired) electrons. The second kappa shape index (κ2) is 8.93. The third-order valence-corrected chi connectivity index (χ3v) is 4.65. The van der Waals surface area contributed by atoms with Crippen LogP contribution in [-0.4, -0.2) is 17.6 Å². The number of benzene rings is 2. The van der Waals surface area contributed by atoms with E-state index >= 15 is 0 Å². The predicted molar refractivity (Wildman–Crippen MR) is 107 cm³/mol. The van der Waals surface area contributed by atoms with Crippen molar-refractivity contribution in [2.45, 2.75) is 6.92 Å². The fourth-order valence-corrected chi connectivity index (χ4v) is 3.16. The molecule has 0 spiro atoms. The smallest absolute Gasteiger partial charge is 0.338 e. The average Bonchev–Trinajstić information content (AvgIpc) is 3.20. The molecule has 0 unspecified atom stereocenters. The minimum absolute atomic E-state index is 0.310. The summed E-state index contributed by atoms with van der Waals surface area (Å²) in [6.07, 6.45) is 1.56. The minimum atomic E-state index is -0.376. The van der Waals surface area contributed by atoms with Crippen LogP contribution in [0.25, 0.3) is 16.8 Å². The van der Waals surface area contributed by atoms with Crippen molar-refractivity contribution >= 4 is 28.6 Å². The van der Waals surface area contributed by atoms with Gasteiger partial charge in [-0.1, -0.05) is 0 Å². The van der Waals surface area contributed by atoms with Crippen LogP contribution in [0, 0.1) is 17.1 Å². The molecule has 5 nitrogen and oxygen atoms in total. The summed E-state index contributed by atoms with van der Waals surface area (Å²) in [5.41, 5.74) is 3.01. The number of hydrogen-bond acceptors (Lipinski definition) is 6. The van der Waals surface area contributed by atoms with Crippen LogP contribution >= 0.6 is 11.3 Å². The maximum atomic E-state index is 13.1. The van der Waals surface area contributed by atoms with Crippen LogP contribution in [0.15, 0.2) is 60.1 Å². The van der Waals surface area contributed by atoms with Crippen molar-refractivity contribution in [3.8, 4) is 17.3 Å². The Morgan fingerprint density at radius 1 is 1.25 bits per heavy atom. The molecule has 3 rings (SSSR count). The number of allylic oxidation sites excluding steroid dienone is 1. The lowest BCUT2D eigenvalue weighted by Gasteiger charge is -2.04. The third-order valence-electron chi connectivity index (χ3n) is 3.77. The predicted octanol–water partition coefficient (Wildman–Crippen LogP) is 5.10. The normalized spacial score (nSPS) is 11.0. The van der Waals surface area contributed by atoms with E-state index in [1.165, 1.54) is 23.5 Å². The number of nitrogens with one attached hydrogen (secondary N) is 1. The zero-order chi connectivity index (χ0) is 19.9. The standard InChI is InChI=1S/C21H16FN3O2S/c1-2-27-21(26)15-5-9-18(10-6-15)24-12-16(11-23)20-25-19(13-28-20)14-3-7-17(22)8-4-14/h3-10,12-13,24H,2H2,1H3/b16-12+. The summed E-state index contributed by atoms with van der Waals surface area (Å²) in [6.45, 7) is 2.07. The first-order valence-electron chi connectivity index (χ1n) is 8.46. The molecule has 0 amide bonds. The number of carbonyl (C=O) groups excluding carboxylic acids is 1. The first kappa shape index (κ1) is 19.3. The van der Waals surface area contributed by atoms with Gasteiger partial charge < -0.3 is 10.1 Å². The summed E-state index contributed by atoms with van der Waals surface area (Å²) in [7, 11) is 0. The van der Waals surface area contributed by atoms with E-state index in [4.69, 9.17) is 4.74 Å². The molecule has 0 bridgehead atoms. The Bertz CT molecular complexity index is 1030. The molecular formula is C21H16FN3O2S. The highest BCUT2D eigenvalue weighted by atomic mass is 32.1. The molecule has 2 aromatic carbocycles. The van der Waals surface area contributed by atoms with Crippen molar-refractivity contribution < 1.29 is 13.9 Å². The molecule has 1 N–H and O–H groups in total. The van der Waals surface area contributed by atoms with Gasteiger partial charge in [-0.15, -0.1) is 11.3 Å². The Balaban J connectivity index is 1.73. The summed E-state index contributed by atoms with van der Waals surface area (Å²) in [4.78, 5) is 16.1. The van der Waals surface area contributed by atoms with Crippen molar-refractivity contribution in [1.29, 1.82) is 5.26 Å². The second-order valence-electron chi connectivity index (χ2n) is 5.66. The Hall–Kier alpha value is -3.50. The van der Waals surface area contributed by atoms with Crippen LogP contribution in [0.3, 0.4) is 0 Å². The first-order valence-corrected chi connectivity index (χ1v) is 9.34. The Labute approximate surface area is 165 Å². The van der Waals surface area contributed by atoms with Gasteiger partial charge in [0.1, 0.15) is 22.5 Å². The number of rotatable bonds is 6. The molecule has 0 atom stereocenters. The number of carbonyl (C=O) groups is 1. The lowest BCUT2D eigenvalue weighted by Crippen LogP contribution is -2.04. The van der Waals surface area contributed by atoms with Gasteiger partial charge in [0.2, 0.25) is 0 Å². The molecule has 140 valence electrons. The summed E-state index contributed by atoms with van der Waals surface area (Å²) in [5.74, 6) is -0.687. The molecule has 0 aliphatic heterocycles. The van der Waals surface area contributed by atoms with Crippen molar-refractivity contribution in [2.75, 3.05) is 11.9 Å². The molecule has 1 aromatic heterocycles. The number of ether oxygens (including phenoxy) is 1. The Kier molecular flexibility index (Phi) is 6.14. The summed E-state index contributed by atoms with van der Waals surface area (Å²) >= 11 is 1.33. The SMILES string of the molecule is CCOC(=O)c1ccc(N/C=C(\C#N)c2nc(-c3ccc(F)cc3)cs2)cc1. The van der Waals surface area contributed by atoms with Gasteiger partial charge in [0.05, 0.1) is 17.9 Å². The number of esters is 1. The molecule has 28 heavy (non-hydrogen) atoms.